The third kappa shape index (κ3) is 4.96. The Bertz CT molecular complexity index is 1250. The molecule has 4 fully saturated rings. The van der Waals surface area contributed by atoms with Crippen LogP contribution in [-0.2, 0) is 14.3 Å². The standard InChI is InChI=1S/C35H50O8/c1-18(36)29-25(24-16-21(40-5)8-10-28(24)41-6)17-27-23-9-7-20-15-22(43-33-32(39)31(38)30(37)19(2)42-33)11-13-34(20,3)26(23)12-14-35(27,29)4/h7-8,10,16,19,22-23,25-27,29-33,37-39H,9,11-15,17H2,1-6H3/t19-,22-,23+,25?,26-,27-,29-,30+,31+,32-,33+,34-,35-/m0/s1. The van der Waals surface area contributed by atoms with Crippen LogP contribution < -0.4 is 9.47 Å². The number of hydrogen-bond acceptors (Lipinski definition) is 8. The number of aliphatic hydroxyl groups excluding tert-OH is 3. The molecule has 6 rings (SSSR count). The van der Waals surface area contributed by atoms with Gasteiger partial charge >= 0.3 is 0 Å². The largest absolute Gasteiger partial charge is 0.497 e. The zero-order chi connectivity index (χ0) is 30.8. The second-order valence-corrected chi connectivity index (χ2v) is 14.5. The van der Waals surface area contributed by atoms with Crippen molar-refractivity contribution in [3.8, 4) is 11.5 Å². The fourth-order valence-corrected chi connectivity index (χ4v) is 10.3. The molecule has 0 spiro atoms. The molecule has 8 nitrogen and oxygen atoms in total. The number of allylic oxidation sites excluding steroid dienone is 1. The number of carbonyl (C=O) groups excluding carboxylic acids is 1. The molecular weight excluding hydrogens is 548 g/mol. The van der Waals surface area contributed by atoms with Crippen LogP contribution in [0.3, 0.4) is 0 Å². The molecule has 3 N–H and O–H groups in total. The first kappa shape index (κ1) is 31.0. The van der Waals surface area contributed by atoms with Gasteiger partial charge in [-0.25, -0.2) is 0 Å². The van der Waals surface area contributed by atoms with Crippen LogP contribution in [0.1, 0.15) is 84.1 Å². The average molecular weight is 599 g/mol. The minimum Gasteiger partial charge on any atom is -0.497 e. The summed E-state index contributed by atoms with van der Waals surface area (Å²) in [7, 11) is 3.38. The van der Waals surface area contributed by atoms with E-state index in [1.165, 1.54) is 5.57 Å². The monoisotopic (exact) mass is 598 g/mol. The van der Waals surface area contributed by atoms with E-state index in [9.17, 15) is 20.1 Å². The molecule has 5 aliphatic rings. The maximum absolute atomic E-state index is 13.4. The van der Waals surface area contributed by atoms with Crippen molar-refractivity contribution in [2.75, 3.05) is 14.2 Å². The van der Waals surface area contributed by atoms with Crippen LogP contribution in [0, 0.1) is 34.5 Å². The normalized spacial score (nSPS) is 45.8. The van der Waals surface area contributed by atoms with E-state index in [1.54, 1.807) is 28.1 Å². The lowest BCUT2D eigenvalue weighted by Crippen LogP contribution is -2.58. The van der Waals surface area contributed by atoms with Crippen LogP contribution in [0.4, 0.5) is 0 Å². The molecule has 3 saturated carbocycles. The summed E-state index contributed by atoms with van der Waals surface area (Å²) in [5, 5.41) is 30.9. The third-order valence-corrected chi connectivity index (χ3v) is 12.5. The van der Waals surface area contributed by atoms with Crippen molar-refractivity contribution in [1.29, 1.82) is 0 Å². The van der Waals surface area contributed by atoms with E-state index in [4.69, 9.17) is 18.9 Å². The third-order valence-electron chi connectivity index (χ3n) is 12.5. The number of Topliss-reactive ketones (excluding diaryl/α,β-unsaturated/α-hetero) is 1. The molecule has 0 bridgehead atoms. The van der Waals surface area contributed by atoms with Gasteiger partial charge in [-0.2, -0.15) is 0 Å². The molecule has 4 aliphatic carbocycles. The Labute approximate surface area is 255 Å². The van der Waals surface area contributed by atoms with Crippen molar-refractivity contribution < 1.29 is 39.1 Å². The number of ether oxygens (including phenoxy) is 4. The van der Waals surface area contributed by atoms with Gasteiger partial charge in [0, 0.05) is 11.5 Å². The highest BCUT2D eigenvalue weighted by atomic mass is 16.7. The van der Waals surface area contributed by atoms with Gasteiger partial charge in [0.1, 0.15) is 35.6 Å². The highest BCUT2D eigenvalue weighted by Crippen LogP contribution is 2.69. The highest BCUT2D eigenvalue weighted by molar-refractivity contribution is 5.81. The lowest BCUT2D eigenvalue weighted by atomic mass is 9.47. The van der Waals surface area contributed by atoms with Gasteiger partial charge in [0.2, 0.25) is 0 Å². The molecule has 1 aromatic carbocycles. The maximum Gasteiger partial charge on any atom is 0.186 e. The predicted molar refractivity (Wildman–Crippen MR) is 161 cm³/mol. The summed E-state index contributed by atoms with van der Waals surface area (Å²) >= 11 is 0. The van der Waals surface area contributed by atoms with Crippen LogP contribution in [0.2, 0.25) is 0 Å². The summed E-state index contributed by atoms with van der Waals surface area (Å²) in [5.41, 5.74) is 2.52. The smallest absolute Gasteiger partial charge is 0.186 e. The zero-order valence-corrected chi connectivity index (χ0v) is 26.5. The molecule has 1 unspecified atom stereocenters. The first-order valence-corrected chi connectivity index (χ1v) is 16.2. The Hall–Kier alpha value is -1.97. The molecule has 43 heavy (non-hydrogen) atoms. The predicted octanol–water partition coefficient (Wildman–Crippen LogP) is 4.78. The molecule has 8 heteroatoms. The van der Waals surface area contributed by atoms with E-state index < -0.39 is 30.7 Å². The lowest BCUT2D eigenvalue weighted by molar-refractivity contribution is -0.305. The average Bonchev–Trinajstić information content (AvgIpc) is 3.32. The van der Waals surface area contributed by atoms with Gasteiger partial charge in [-0.15, -0.1) is 0 Å². The van der Waals surface area contributed by atoms with Crippen molar-refractivity contribution in [2.45, 2.75) is 115 Å². The van der Waals surface area contributed by atoms with E-state index in [0.29, 0.717) is 17.8 Å². The first-order valence-electron chi connectivity index (χ1n) is 16.2. The Morgan fingerprint density at radius 3 is 2.47 bits per heavy atom. The van der Waals surface area contributed by atoms with Gasteiger partial charge in [0.25, 0.3) is 0 Å². The molecule has 1 heterocycles. The molecule has 1 saturated heterocycles. The summed E-state index contributed by atoms with van der Waals surface area (Å²) in [6.07, 6.45) is 3.78. The minimum absolute atomic E-state index is 0.0556. The second-order valence-electron chi connectivity index (χ2n) is 14.5. The Morgan fingerprint density at radius 2 is 1.77 bits per heavy atom. The van der Waals surface area contributed by atoms with E-state index in [1.807, 2.05) is 12.1 Å². The number of benzene rings is 1. The molecule has 0 amide bonds. The van der Waals surface area contributed by atoms with E-state index in [-0.39, 0.29) is 34.6 Å². The Morgan fingerprint density at radius 1 is 1.00 bits per heavy atom. The summed E-state index contributed by atoms with van der Waals surface area (Å²) < 4.78 is 23.4. The van der Waals surface area contributed by atoms with Crippen LogP contribution in [0.5, 0.6) is 11.5 Å². The Kier molecular flexibility index (Phi) is 8.25. The molecule has 1 aromatic rings. The van der Waals surface area contributed by atoms with Crippen LogP contribution in [-0.4, -0.2) is 72.1 Å². The van der Waals surface area contributed by atoms with Crippen molar-refractivity contribution in [3.05, 3.63) is 35.4 Å². The number of ketones is 1. The number of carbonyl (C=O) groups is 1. The maximum atomic E-state index is 13.4. The quantitative estimate of drug-likeness (QED) is 0.401. The van der Waals surface area contributed by atoms with Crippen molar-refractivity contribution in [3.63, 3.8) is 0 Å². The fraction of sp³-hybridized carbons (Fsp3) is 0.743. The zero-order valence-electron chi connectivity index (χ0n) is 26.5. The summed E-state index contributed by atoms with van der Waals surface area (Å²) in [6.45, 7) is 8.27. The van der Waals surface area contributed by atoms with Crippen LogP contribution in [0.15, 0.2) is 29.8 Å². The van der Waals surface area contributed by atoms with Crippen molar-refractivity contribution in [2.24, 2.45) is 34.5 Å². The number of methoxy groups -OCH3 is 2. The SMILES string of the molecule is COc1ccc(OC)c(C2C[C@H]3[C@@H]4CC=C5C[C@@H](O[C@H]6O[C@@H](C)[C@@H](O)[C@@H](O)[C@@H]6O)CC[C@]5(C)[C@H]4CC[C@]3(C)[C@H]2C(C)=O)c1. The van der Waals surface area contributed by atoms with E-state index >= 15 is 0 Å². The van der Waals surface area contributed by atoms with E-state index in [2.05, 4.69) is 26.0 Å². The minimum atomic E-state index is -1.29. The van der Waals surface area contributed by atoms with E-state index in [0.717, 1.165) is 62.0 Å². The molecule has 0 radical (unpaired) electrons. The number of hydrogen-bond donors (Lipinski definition) is 3. The lowest BCUT2D eigenvalue weighted by Gasteiger charge is -2.58. The highest BCUT2D eigenvalue weighted by Gasteiger charge is 2.62. The topological polar surface area (TPSA) is 115 Å². The van der Waals surface area contributed by atoms with Gasteiger partial charge < -0.3 is 34.3 Å². The van der Waals surface area contributed by atoms with Gasteiger partial charge in [-0.3, -0.25) is 4.79 Å². The Balaban J connectivity index is 1.24. The van der Waals surface area contributed by atoms with Gasteiger partial charge in [0.05, 0.1) is 26.4 Å². The van der Waals surface area contributed by atoms with Crippen molar-refractivity contribution >= 4 is 5.78 Å². The number of rotatable bonds is 6. The molecule has 13 atom stereocenters. The molecule has 0 aromatic heterocycles. The van der Waals surface area contributed by atoms with Crippen molar-refractivity contribution in [1.82, 2.24) is 0 Å². The summed E-state index contributed by atoms with van der Waals surface area (Å²) in [6, 6.07) is 5.97. The molecule has 1 aliphatic heterocycles. The summed E-state index contributed by atoms with van der Waals surface area (Å²) in [4.78, 5) is 13.4. The fourth-order valence-electron chi connectivity index (χ4n) is 10.3. The number of fused-ring (bicyclic) bond motifs is 5. The number of aliphatic hydroxyl groups is 3. The van der Waals surface area contributed by atoms with Gasteiger partial charge in [0.15, 0.2) is 6.29 Å². The van der Waals surface area contributed by atoms with Gasteiger partial charge in [-0.05, 0) is 111 Å². The van der Waals surface area contributed by atoms with Gasteiger partial charge in [-0.1, -0.05) is 25.5 Å². The van der Waals surface area contributed by atoms with Crippen LogP contribution >= 0.6 is 0 Å². The first-order chi connectivity index (χ1) is 20.4. The summed E-state index contributed by atoms with van der Waals surface area (Å²) in [5.74, 6) is 3.41. The second kappa shape index (κ2) is 11.4. The molecular formula is C35H50O8. The van der Waals surface area contributed by atoms with Crippen LogP contribution in [0.25, 0.3) is 0 Å². The molecule has 238 valence electrons.